The molecule has 3 unspecified atom stereocenters. The number of aromatic amines is 1. The molecule has 0 bridgehead atoms. The molecule has 0 saturated heterocycles. The van der Waals surface area contributed by atoms with E-state index in [9.17, 15) is 4.79 Å². The standard InChI is InChI=1S/C5H4N4.C5H10O5.H3O4P/c1-4-5(8-2-6-1)9-3-7-4;6-1-3(8)5(10)4(9)2-7;1-5(2,3)4/h1-3H,(H,6,7,8,9);1,3-5,7-10H,2H2;(H3,1,2,3,4). The van der Waals surface area contributed by atoms with E-state index in [2.05, 4.69) is 19.9 Å². The number of carbonyl (C=O) groups is 1. The van der Waals surface area contributed by atoms with Gasteiger partial charge < -0.3 is 44.9 Å². The number of nitrogens with one attached hydrogen (secondary N) is 1. The molecule has 0 aliphatic carbocycles. The van der Waals surface area contributed by atoms with Crippen LogP contribution in [0.2, 0.25) is 0 Å². The monoisotopic (exact) mass is 368 g/mol. The van der Waals surface area contributed by atoms with Crippen molar-refractivity contribution < 1.29 is 44.5 Å². The van der Waals surface area contributed by atoms with Gasteiger partial charge in [-0.2, -0.15) is 0 Å². The molecule has 0 saturated carbocycles. The van der Waals surface area contributed by atoms with Crippen LogP contribution in [0, 0.1) is 0 Å². The summed E-state index contributed by atoms with van der Waals surface area (Å²) in [5, 5.41) is 34.1. The van der Waals surface area contributed by atoms with Crippen LogP contribution in [0.5, 0.6) is 0 Å². The van der Waals surface area contributed by atoms with Crippen molar-refractivity contribution in [1.82, 2.24) is 19.9 Å². The quantitative estimate of drug-likeness (QED) is 0.196. The fraction of sp³-hybridized carbons (Fsp3) is 0.400. The molecule has 13 nitrogen and oxygen atoms in total. The van der Waals surface area contributed by atoms with Crippen LogP contribution in [-0.4, -0.2) is 86.2 Å². The van der Waals surface area contributed by atoms with Crippen LogP contribution >= 0.6 is 7.82 Å². The third-order valence-corrected chi connectivity index (χ3v) is 2.17. The van der Waals surface area contributed by atoms with Gasteiger partial charge in [0.05, 0.1) is 19.1 Å². The molecule has 2 aromatic rings. The van der Waals surface area contributed by atoms with Crippen molar-refractivity contribution in [2.75, 3.05) is 6.61 Å². The van der Waals surface area contributed by atoms with E-state index >= 15 is 0 Å². The lowest BCUT2D eigenvalue weighted by molar-refractivity contribution is -0.127. The molecule has 0 spiro atoms. The summed E-state index contributed by atoms with van der Waals surface area (Å²) in [6.45, 7) is -0.688. The molecule has 2 heterocycles. The summed E-state index contributed by atoms with van der Waals surface area (Å²) in [5.41, 5.74) is 1.59. The van der Waals surface area contributed by atoms with E-state index in [4.69, 9.17) is 39.7 Å². The van der Waals surface area contributed by atoms with Gasteiger partial charge in [-0.05, 0) is 0 Å². The van der Waals surface area contributed by atoms with Crippen molar-refractivity contribution in [1.29, 1.82) is 0 Å². The maximum atomic E-state index is 9.76. The van der Waals surface area contributed by atoms with Crippen LogP contribution in [0.3, 0.4) is 0 Å². The number of imidazole rings is 1. The van der Waals surface area contributed by atoms with E-state index in [-0.39, 0.29) is 6.29 Å². The minimum absolute atomic E-state index is 0.0869. The number of aliphatic hydroxyl groups excluding tert-OH is 4. The minimum atomic E-state index is -4.64. The normalized spacial score (nSPS) is 14.5. The second-order valence-corrected chi connectivity index (χ2v) is 5.07. The molecule has 2 rings (SSSR count). The molecule has 14 heteroatoms. The molecule has 24 heavy (non-hydrogen) atoms. The van der Waals surface area contributed by atoms with Crippen molar-refractivity contribution >= 4 is 25.3 Å². The fourth-order valence-electron chi connectivity index (χ4n) is 1.11. The molecular weight excluding hydrogens is 351 g/mol. The summed E-state index contributed by atoms with van der Waals surface area (Å²) >= 11 is 0. The van der Waals surface area contributed by atoms with Crippen LogP contribution in [-0.2, 0) is 9.36 Å². The zero-order valence-corrected chi connectivity index (χ0v) is 12.9. The molecule has 8 N–H and O–H groups in total. The number of nitrogens with zero attached hydrogens (tertiary/aromatic N) is 3. The number of H-pyrrole nitrogens is 1. The first-order valence-corrected chi connectivity index (χ1v) is 7.64. The first-order valence-electron chi connectivity index (χ1n) is 6.07. The lowest BCUT2D eigenvalue weighted by atomic mass is 10.1. The molecule has 0 aromatic carbocycles. The number of aldehydes is 1. The highest BCUT2D eigenvalue weighted by molar-refractivity contribution is 7.45. The minimum Gasteiger partial charge on any atom is -0.394 e. The molecule has 2 aromatic heterocycles. The Hall–Kier alpha value is -1.83. The molecular formula is C10H17N4O9P. The number of fused-ring (bicyclic) bond motifs is 1. The highest BCUT2D eigenvalue weighted by Crippen LogP contribution is 2.25. The summed E-state index contributed by atoms with van der Waals surface area (Å²) in [6, 6.07) is 0. The number of hydrogen-bond acceptors (Lipinski definition) is 9. The SMILES string of the molecule is O=CC(O)C(O)C(O)CO.O=P(O)(O)O.c1ncc2[nH]cnc2n1. The van der Waals surface area contributed by atoms with Crippen LogP contribution in [0.25, 0.3) is 11.2 Å². The van der Waals surface area contributed by atoms with Gasteiger partial charge >= 0.3 is 7.82 Å². The molecule has 3 atom stereocenters. The first kappa shape index (κ1) is 22.2. The Labute approximate surface area is 134 Å². The van der Waals surface area contributed by atoms with E-state index in [1.165, 1.54) is 6.33 Å². The lowest BCUT2D eigenvalue weighted by Crippen LogP contribution is -2.40. The topological polar surface area (TPSA) is 230 Å². The zero-order chi connectivity index (χ0) is 18.8. The fourth-order valence-corrected chi connectivity index (χ4v) is 1.11. The Morgan fingerprint density at radius 2 is 1.79 bits per heavy atom. The predicted octanol–water partition coefficient (Wildman–Crippen LogP) is -3.32. The average molecular weight is 368 g/mol. The van der Waals surface area contributed by atoms with Gasteiger partial charge in [-0.3, -0.25) is 0 Å². The van der Waals surface area contributed by atoms with Crippen LogP contribution in [0.4, 0.5) is 0 Å². The summed E-state index contributed by atoms with van der Waals surface area (Å²) in [7, 11) is -4.64. The first-order chi connectivity index (χ1) is 11.1. The van der Waals surface area contributed by atoms with Gasteiger partial charge in [0.2, 0.25) is 0 Å². The van der Waals surface area contributed by atoms with Gasteiger partial charge in [0.25, 0.3) is 0 Å². The van der Waals surface area contributed by atoms with Gasteiger partial charge in [-0.1, -0.05) is 0 Å². The van der Waals surface area contributed by atoms with Gasteiger partial charge in [0.15, 0.2) is 11.9 Å². The van der Waals surface area contributed by atoms with Crippen molar-refractivity contribution in [3.8, 4) is 0 Å². The molecule has 0 aliphatic rings. The van der Waals surface area contributed by atoms with Gasteiger partial charge in [0, 0.05) is 0 Å². The summed E-state index contributed by atoms with van der Waals surface area (Å²) in [4.78, 5) is 45.8. The van der Waals surface area contributed by atoms with Crippen molar-refractivity contribution in [3.63, 3.8) is 0 Å². The van der Waals surface area contributed by atoms with Gasteiger partial charge in [-0.25, -0.2) is 19.5 Å². The number of hydrogen-bond donors (Lipinski definition) is 8. The van der Waals surface area contributed by atoms with Crippen molar-refractivity contribution in [2.24, 2.45) is 0 Å². The average Bonchev–Trinajstić information content (AvgIpc) is 3.00. The highest BCUT2D eigenvalue weighted by atomic mass is 31.2. The maximum Gasteiger partial charge on any atom is 0.466 e. The maximum absolute atomic E-state index is 9.76. The summed E-state index contributed by atoms with van der Waals surface area (Å²) in [5.74, 6) is 0. The van der Waals surface area contributed by atoms with E-state index in [1.807, 2.05) is 0 Å². The van der Waals surface area contributed by atoms with Gasteiger partial charge in [-0.15, -0.1) is 0 Å². The number of rotatable bonds is 4. The summed E-state index contributed by atoms with van der Waals surface area (Å²) in [6.07, 6.45) is 0.131. The van der Waals surface area contributed by atoms with Gasteiger partial charge in [0.1, 0.15) is 30.2 Å². The smallest absolute Gasteiger partial charge is 0.394 e. The summed E-state index contributed by atoms with van der Waals surface area (Å²) < 4.78 is 8.88. The number of phosphoric acid groups is 1. The van der Waals surface area contributed by atoms with Crippen molar-refractivity contribution in [2.45, 2.75) is 18.3 Å². The zero-order valence-electron chi connectivity index (χ0n) is 12.0. The molecule has 0 radical (unpaired) electrons. The Balaban J connectivity index is 0.000000350. The number of aliphatic hydroxyl groups is 4. The number of carbonyl (C=O) groups excluding carboxylic acids is 1. The van der Waals surface area contributed by atoms with E-state index < -0.39 is 32.7 Å². The van der Waals surface area contributed by atoms with E-state index in [0.29, 0.717) is 5.65 Å². The number of aromatic nitrogens is 4. The van der Waals surface area contributed by atoms with E-state index in [1.54, 1.807) is 12.5 Å². The van der Waals surface area contributed by atoms with Crippen LogP contribution < -0.4 is 0 Å². The van der Waals surface area contributed by atoms with Crippen LogP contribution in [0.15, 0.2) is 18.9 Å². The molecule has 0 amide bonds. The lowest BCUT2D eigenvalue weighted by Gasteiger charge is -2.16. The second kappa shape index (κ2) is 10.9. The Morgan fingerprint density at radius 1 is 1.21 bits per heavy atom. The molecule has 136 valence electrons. The third-order valence-electron chi connectivity index (χ3n) is 2.17. The van der Waals surface area contributed by atoms with E-state index in [0.717, 1.165) is 5.52 Å². The Bertz CT molecular complexity index is 610. The second-order valence-electron chi connectivity index (χ2n) is 4.04. The molecule has 0 fully saturated rings. The largest absolute Gasteiger partial charge is 0.466 e. The third kappa shape index (κ3) is 10.0. The Kier molecular flexibility index (Phi) is 10.0. The predicted molar refractivity (Wildman–Crippen MR) is 77.1 cm³/mol. The Morgan fingerprint density at radius 3 is 2.25 bits per heavy atom. The molecule has 0 aliphatic heterocycles. The van der Waals surface area contributed by atoms with Crippen molar-refractivity contribution in [3.05, 3.63) is 18.9 Å². The van der Waals surface area contributed by atoms with Crippen LogP contribution in [0.1, 0.15) is 0 Å². The highest BCUT2D eigenvalue weighted by Gasteiger charge is 2.22.